The number of carbonyl (C=O) groups excluding carboxylic acids is 1. The van der Waals surface area contributed by atoms with Gasteiger partial charge in [-0.1, -0.05) is 0 Å². The van der Waals surface area contributed by atoms with Crippen molar-refractivity contribution in [2.45, 2.75) is 19.3 Å². The Kier molecular flexibility index (Phi) is 4.26. The lowest BCUT2D eigenvalue weighted by atomic mass is 9.77. The molecule has 0 saturated carbocycles. The highest BCUT2D eigenvalue weighted by atomic mass is 32.2. The number of hydrogen-bond donors (Lipinski definition) is 1. The van der Waals surface area contributed by atoms with Crippen molar-refractivity contribution >= 4 is 21.6 Å². The number of ether oxygens (including phenoxy) is 1. The van der Waals surface area contributed by atoms with Gasteiger partial charge in [0.25, 0.3) is 0 Å². The average Bonchev–Trinajstić information content (AvgIpc) is 2.18. The second kappa shape index (κ2) is 5.14. The van der Waals surface area contributed by atoms with E-state index in [0.29, 0.717) is 0 Å². The van der Waals surface area contributed by atoms with Crippen molar-refractivity contribution in [2.75, 3.05) is 25.2 Å². The highest BCUT2D eigenvalue weighted by molar-refractivity contribution is 7.90. The van der Waals surface area contributed by atoms with Crippen LogP contribution in [0, 0.1) is 5.41 Å². The molecule has 1 fully saturated rings. The van der Waals surface area contributed by atoms with E-state index in [9.17, 15) is 18.0 Å². The van der Waals surface area contributed by atoms with Crippen LogP contribution in [0.15, 0.2) is 0 Å². The van der Waals surface area contributed by atoms with Crippen LogP contribution in [0.2, 0.25) is 0 Å². The average molecular weight is 264 g/mol. The fraction of sp³-hybridized carbons (Fsp3) is 0.800. The maximum atomic E-state index is 11.7. The maximum absolute atomic E-state index is 11.7. The lowest BCUT2D eigenvalue weighted by Gasteiger charge is -2.31. The first-order valence-electron chi connectivity index (χ1n) is 5.30. The van der Waals surface area contributed by atoms with E-state index in [1.807, 2.05) is 0 Å². The number of aliphatic carboxylic acids is 1. The van der Waals surface area contributed by atoms with Gasteiger partial charge >= 0.3 is 5.97 Å². The molecule has 0 bridgehead atoms. The molecule has 1 aliphatic heterocycles. The molecule has 17 heavy (non-hydrogen) atoms. The number of Topliss-reactive ketones (excluding diaryl/α,β-unsaturated/α-hetero) is 1. The lowest BCUT2D eigenvalue weighted by molar-refractivity contribution is -0.165. The third-order valence-corrected chi connectivity index (χ3v) is 3.91. The smallest absolute Gasteiger partial charge is 0.319 e. The van der Waals surface area contributed by atoms with Crippen molar-refractivity contribution in [3.63, 3.8) is 0 Å². The van der Waals surface area contributed by atoms with Gasteiger partial charge in [-0.25, -0.2) is 8.42 Å². The summed E-state index contributed by atoms with van der Waals surface area (Å²) < 4.78 is 27.0. The molecular formula is C10H16O6S. The van der Waals surface area contributed by atoms with E-state index in [1.165, 1.54) is 0 Å². The Morgan fingerprint density at radius 3 is 2.65 bits per heavy atom. The van der Waals surface area contributed by atoms with Crippen molar-refractivity contribution in [1.29, 1.82) is 0 Å². The van der Waals surface area contributed by atoms with Crippen LogP contribution in [0.4, 0.5) is 0 Å². The Morgan fingerprint density at radius 1 is 1.53 bits per heavy atom. The maximum Gasteiger partial charge on any atom is 0.319 e. The second-order valence-electron chi connectivity index (χ2n) is 4.35. The fourth-order valence-corrected chi connectivity index (χ4v) is 2.54. The monoisotopic (exact) mass is 264 g/mol. The Labute approximate surface area is 99.9 Å². The lowest BCUT2D eigenvalue weighted by Crippen LogP contribution is -2.47. The molecule has 98 valence electrons. The van der Waals surface area contributed by atoms with E-state index in [4.69, 9.17) is 9.84 Å². The molecule has 1 atom stereocenters. The predicted molar refractivity (Wildman–Crippen MR) is 59.5 cm³/mol. The molecule has 1 rings (SSSR count). The summed E-state index contributed by atoms with van der Waals surface area (Å²) in [5.74, 6) is -1.71. The second-order valence-corrected chi connectivity index (χ2v) is 6.61. The van der Waals surface area contributed by atoms with Crippen molar-refractivity contribution in [3.05, 3.63) is 0 Å². The predicted octanol–water partition coefficient (Wildman–Crippen LogP) is -0.128. The number of hydrogen-bond acceptors (Lipinski definition) is 5. The summed E-state index contributed by atoms with van der Waals surface area (Å²) >= 11 is 0. The molecule has 0 aromatic heterocycles. The summed E-state index contributed by atoms with van der Waals surface area (Å²) in [5.41, 5.74) is -1.55. The Bertz CT molecular complexity index is 413. The molecular weight excluding hydrogens is 248 g/mol. The SMILES string of the molecule is CS(=O)(=O)CCCC1(C(=O)O)COCCC1=O. The summed E-state index contributed by atoms with van der Waals surface area (Å²) in [6, 6.07) is 0. The molecule has 7 heteroatoms. The first-order valence-corrected chi connectivity index (χ1v) is 7.36. The first-order chi connectivity index (χ1) is 7.78. The minimum absolute atomic E-state index is 0.00817. The summed E-state index contributed by atoms with van der Waals surface area (Å²) in [6.45, 7) is 0.0743. The van der Waals surface area contributed by atoms with Crippen LogP contribution in [-0.4, -0.2) is 50.5 Å². The Balaban J connectivity index is 2.72. The number of carboxylic acid groups (broad SMARTS) is 1. The molecule has 0 amide bonds. The van der Waals surface area contributed by atoms with Crippen LogP contribution in [0.3, 0.4) is 0 Å². The zero-order valence-corrected chi connectivity index (χ0v) is 10.5. The summed E-state index contributed by atoms with van der Waals surface area (Å²) in [4.78, 5) is 22.9. The van der Waals surface area contributed by atoms with Crippen molar-refractivity contribution < 1.29 is 27.9 Å². The van der Waals surface area contributed by atoms with Gasteiger partial charge in [0.1, 0.15) is 15.3 Å². The zero-order valence-electron chi connectivity index (χ0n) is 9.64. The van der Waals surface area contributed by atoms with Gasteiger partial charge in [-0.3, -0.25) is 9.59 Å². The van der Waals surface area contributed by atoms with Crippen molar-refractivity contribution in [3.8, 4) is 0 Å². The fourth-order valence-electron chi connectivity index (χ4n) is 1.87. The van der Waals surface area contributed by atoms with Crippen LogP contribution in [0.1, 0.15) is 19.3 Å². The van der Waals surface area contributed by atoms with Gasteiger partial charge in [0, 0.05) is 18.4 Å². The third-order valence-electron chi connectivity index (χ3n) is 2.88. The van der Waals surface area contributed by atoms with Gasteiger partial charge in [-0.15, -0.1) is 0 Å². The standard InChI is InChI=1S/C10H16O6S/c1-17(14,15)6-2-4-10(9(12)13)7-16-5-3-8(10)11/h2-7H2,1H3,(H,12,13). The van der Waals surface area contributed by atoms with Crippen molar-refractivity contribution in [2.24, 2.45) is 5.41 Å². The molecule has 0 aromatic rings. The number of carboxylic acids is 1. The van der Waals surface area contributed by atoms with Gasteiger partial charge in [-0.2, -0.15) is 0 Å². The molecule has 6 nitrogen and oxygen atoms in total. The van der Waals surface area contributed by atoms with E-state index in [2.05, 4.69) is 0 Å². The van der Waals surface area contributed by atoms with Gasteiger partial charge < -0.3 is 9.84 Å². The largest absolute Gasteiger partial charge is 0.480 e. The van der Waals surface area contributed by atoms with Crippen LogP contribution >= 0.6 is 0 Å². The summed E-state index contributed by atoms with van der Waals surface area (Å²) in [6.07, 6.45) is 1.32. The van der Waals surface area contributed by atoms with E-state index in [0.717, 1.165) is 6.26 Å². The van der Waals surface area contributed by atoms with Crippen LogP contribution in [0.5, 0.6) is 0 Å². The molecule has 1 unspecified atom stereocenters. The van der Waals surface area contributed by atoms with Gasteiger partial charge in [0.05, 0.1) is 13.2 Å². The van der Waals surface area contributed by atoms with E-state index < -0.39 is 21.2 Å². The van der Waals surface area contributed by atoms with Gasteiger partial charge in [0.2, 0.25) is 0 Å². The summed E-state index contributed by atoms with van der Waals surface area (Å²) in [5, 5.41) is 9.14. The quantitative estimate of drug-likeness (QED) is 0.695. The number of ketones is 1. The topological polar surface area (TPSA) is 97.7 Å². The highest BCUT2D eigenvalue weighted by Crippen LogP contribution is 2.31. The molecule has 1 saturated heterocycles. The highest BCUT2D eigenvalue weighted by Gasteiger charge is 2.47. The normalized spacial score (nSPS) is 25.8. The number of carbonyl (C=O) groups is 2. The number of rotatable bonds is 5. The Morgan fingerprint density at radius 2 is 2.18 bits per heavy atom. The van der Waals surface area contributed by atoms with Crippen molar-refractivity contribution in [1.82, 2.24) is 0 Å². The van der Waals surface area contributed by atoms with Crippen LogP contribution in [-0.2, 0) is 24.2 Å². The minimum atomic E-state index is -3.14. The molecule has 0 aliphatic carbocycles. The number of sulfone groups is 1. The molecule has 1 heterocycles. The molecule has 0 aromatic carbocycles. The van der Waals surface area contributed by atoms with E-state index >= 15 is 0 Å². The van der Waals surface area contributed by atoms with E-state index in [-0.39, 0.29) is 44.0 Å². The molecule has 1 aliphatic rings. The Hall–Kier alpha value is -0.950. The van der Waals surface area contributed by atoms with E-state index in [1.54, 1.807) is 0 Å². The van der Waals surface area contributed by atoms with Crippen LogP contribution < -0.4 is 0 Å². The van der Waals surface area contributed by atoms with Crippen LogP contribution in [0.25, 0.3) is 0 Å². The first kappa shape index (κ1) is 14.1. The van der Waals surface area contributed by atoms with Gasteiger partial charge in [-0.05, 0) is 12.8 Å². The molecule has 0 radical (unpaired) electrons. The molecule has 0 spiro atoms. The summed E-state index contributed by atoms with van der Waals surface area (Å²) in [7, 11) is -3.14. The third kappa shape index (κ3) is 3.50. The zero-order chi connectivity index (χ0) is 13.1. The minimum Gasteiger partial charge on any atom is -0.480 e. The van der Waals surface area contributed by atoms with Gasteiger partial charge in [0.15, 0.2) is 5.78 Å². The molecule has 1 N–H and O–H groups in total.